The van der Waals surface area contributed by atoms with Crippen LogP contribution < -0.4 is 10.6 Å². The smallest absolute Gasteiger partial charge is 0.319 e. The van der Waals surface area contributed by atoms with Crippen LogP contribution in [0.2, 0.25) is 0 Å². The van der Waals surface area contributed by atoms with Gasteiger partial charge in [-0.2, -0.15) is 0 Å². The fourth-order valence-corrected chi connectivity index (χ4v) is 1.62. The van der Waals surface area contributed by atoms with Gasteiger partial charge in [-0.15, -0.1) is 0 Å². The van der Waals surface area contributed by atoms with Crippen LogP contribution in [0.5, 0.6) is 0 Å². The van der Waals surface area contributed by atoms with Crippen LogP contribution in [0.4, 0.5) is 16.2 Å². The van der Waals surface area contributed by atoms with Gasteiger partial charge in [-0.3, -0.25) is 10.1 Å². The molecule has 0 radical (unpaired) electrons. The molecule has 0 saturated carbocycles. The molecule has 0 bridgehead atoms. The first kappa shape index (κ1) is 15.9. The third-order valence-corrected chi connectivity index (χ3v) is 2.90. The predicted molar refractivity (Wildman–Crippen MR) is 75.8 cm³/mol. The van der Waals surface area contributed by atoms with Crippen LogP contribution in [-0.2, 0) is 0 Å². The van der Waals surface area contributed by atoms with Crippen molar-refractivity contribution in [2.75, 3.05) is 11.9 Å². The van der Waals surface area contributed by atoms with Gasteiger partial charge in [0.05, 0.1) is 11.0 Å². The van der Waals surface area contributed by atoms with E-state index >= 15 is 0 Å². The van der Waals surface area contributed by atoms with Gasteiger partial charge in [0.2, 0.25) is 0 Å². The Morgan fingerprint density at radius 1 is 1.50 bits per heavy atom. The molecule has 0 heterocycles. The highest BCUT2D eigenvalue weighted by Gasteiger charge is 2.10. The summed E-state index contributed by atoms with van der Waals surface area (Å²) in [6, 6.07) is 3.83. The quantitative estimate of drug-likeness (QED) is 0.549. The van der Waals surface area contributed by atoms with Gasteiger partial charge in [0.1, 0.15) is 0 Å². The average molecular weight is 281 g/mol. The summed E-state index contributed by atoms with van der Waals surface area (Å²) >= 11 is 0. The first-order chi connectivity index (χ1) is 9.43. The second-order valence-corrected chi connectivity index (χ2v) is 4.49. The first-order valence-corrected chi connectivity index (χ1v) is 6.42. The number of rotatable bonds is 6. The van der Waals surface area contributed by atoms with Gasteiger partial charge in [0.25, 0.3) is 5.69 Å². The van der Waals surface area contributed by atoms with E-state index in [4.69, 9.17) is 0 Å². The Bertz CT molecular complexity index is 491. The van der Waals surface area contributed by atoms with Crippen LogP contribution in [0.3, 0.4) is 0 Å². The molecule has 1 aromatic carbocycles. The van der Waals surface area contributed by atoms with E-state index in [9.17, 15) is 20.0 Å². The molecule has 1 aromatic rings. The van der Waals surface area contributed by atoms with Gasteiger partial charge in [-0.05, 0) is 31.4 Å². The molecule has 1 rings (SSSR count). The second kappa shape index (κ2) is 7.44. The standard InChI is InChI=1S/C13H19N3O4/c1-3-11(17)6-7-14-13(18)15-12-5-4-10(16(19)20)8-9(12)2/h4-5,8,11,17H,3,6-7H2,1-2H3,(H2,14,15,18). The van der Waals surface area contributed by atoms with Crippen LogP contribution in [0.15, 0.2) is 18.2 Å². The number of nitro groups is 1. The minimum atomic E-state index is -0.483. The molecule has 7 nitrogen and oxygen atoms in total. The number of nitro benzene ring substituents is 1. The monoisotopic (exact) mass is 281 g/mol. The zero-order valence-electron chi connectivity index (χ0n) is 11.5. The largest absolute Gasteiger partial charge is 0.393 e. The third kappa shape index (κ3) is 4.85. The zero-order valence-corrected chi connectivity index (χ0v) is 11.5. The number of carbonyl (C=O) groups excluding carboxylic acids is 1. The Kier molecular flexibility index (Phi) is 5.92. The molecule has 0 fully saturated rings. The number of hydrogen-bond donors (Lipinski definition) is 3. The predicted octanol–water partition coefficient (Wildman–Crippen LogP) is 2.19. The number of nitrogens with one attached hydrogen (secondary N) is 2. The topological polar surface area (TPSA) is 104 Å². The second-order valence-electron chi connectivity index (χ2n) is 4.49. The van der Waals surface area contributed by atoms with Gasteiger partial charge in [-0.1, -0.05) is 6.92 Å². The number of nitrogens with zero attached hydrogens (tertiary/aromatic N) is 1. The van der Waals surface area contributed by atoms with E-state index in [2.05, 4.69) is 10.6 Å². The van der Waals surface area contributed by atoms with Crippen molar-refractivity contribution in [2.45, 2.75) is 32.8 Å². The first-order valence-electron chi connectivity index (χ1n) is 6.42. The highest BCUT2D eigenvalue weighted by molar-refractivity contribution is 5.90. The van der Waals surface area contributed by atoms with Crippen molar-refractivity contribution < 1.29 is 14.8 Å². The van der Waals surface area contributed by atoms with Crippen molar-refractivity contribution >= 4 is 17.4 Å². The molecule has 0 aliphatic heterocycles. The lowest BCUT2D eigenvalue weighted by atomic mass is 10.2. The number of amides is 2. The highest BCUT2D eigenvalue weighted by atomic mass is 16.6. The number of aliphatic hydroxyl groups excluding tert-OH is 1. The molecule has 3 N–H and O–H groups in total. The normalized spacial score (nSPS) is 11.8. The highest BCUT2D eigenvalue weighted by Crippen LogP contribution is 2.20. The Labute approximate surface area is 117 Å². The molecular weight excluding hydrogens is 262 g/mol. The molecule has 0 aliphatic carbocycles. The lowest BCUT2D eigenvalue weighted by Gasteiger charge is -2.11. The van der Waals surface area contributed by atoms with Crippen LogP contribution in [0.1, 0.15) is 25.3 Å². The van der Waals surface area contributed by atoms with E-state index in [-0.39, 0.29) is 5.69 Å². The molecule has 0 aromatic heterocycles. The van der Waals surface area contributed by atoms with Crippen LogP contribution >= 0.6 is 0 Å². The fraction of sp³-hybridized carbons (Fsp3) is 0.462. The number of benzene rings is 1. The van der Waals surface area contributed by atoms with E-state index < -0.39 is 17.1 Å². The molecule has 110 valence electrons. The van der Waals surface area contributed by atoms with Crippen molar-refractivity contribution in [2.24, 2.45) is 0 Å². The summed E-state index contributed by atoms with van der Waals surface area (Å²) in [5.74, 6) is 0. The summed E-state index contributed by atoms with van der Waals surface area (Å²) in [5, 5.41) is 25.2. The average Bonchev–Trinajstić information content (AvgIpc) is 2.40. The molecule has 20 heavy (non-hydrogen) atoms. The van der Waals surface area contributed by atoms with Crippen molar-refractivity contribution in [3.63, 3.8) is 0 Å². The van der Waals surface area contributed by atoms with Crippen molar-refractivity contribution in [1.29, 1.82) is 0 Å². The van der Waals surface area contributed by atoms with E-state index in [1.165, 1.54) is 18.2 Å². The number of urea groups is 1. The molecule has 2 amide bonds. The van der Waals surface area contributed by atoms with E-state index in [1.807, 2.05) is 6.92 Å². The van der Waals surface area contributed by atoms with Gasteiger partial charge < -0.3 is 15.7 Å². The SMILES string of the molecule is CCC(O)CCNC(=O)Nc1ccc([N+](=O)[O-])cc1C. The van der Waals surface area contributed by atoms with Crippen molar-refractivity contribution in [3.05, 3.63) is 33.9 Å². The summed E-state index contributed by atoms with van der Waals surface area (Å²) in [5.41, 5.74) is 1.12. The maximum atomic E-state index is 11.6. The third-order valence-electron chi connectivity index (χ3n) is 2.90. The minimum Gasteiger partial charge on any atom is -0.393 e. The summed E-state index contributed by atoms with van der Waals surface area (Å²) in [6.07, 6.45) is 0.713. The van der Waals surface area contributed by atoms with Gasteiger partial charge in [0, 0.05) is 24.4 Å². The Morgan fingerprint density at radius 3 is 2.75 bits per heavy atom. The molecule has 7 heteroatoms. The van der Waals surface area contributed by atoms with E-state index in [0.29, 0.717) is 30.6 Å². The fourth-order valence-electron chi connectivity index (χ4n) is 1.62. The number of carbonyl (C=O) groups is 1. The molecule has 0 spiro atoms. The summed E-state index contributed by atoms with van der Waals surface area (Å²) in [4.78, 5) is 21.7. The number of non-ortho nitro benzene ring substituents is 1. The van der Waals surface area contributed by atoms with Crippen LogP contribution in [-0.4, -0.2) is 28.7 Å². The molecule has 0 saturated heterocycles. The number of aryl methyl sites for hydroxylation is 1. The van der Waals surface area contributed by atoms with Crippen molar-refractivity contribution in [1.82, 2.24) is 5.32 Å². The summed E-state index contributed by atoms with van der Waals surface area (Å²) in [6.45, 7) is 3.92. The van der Waals surface area contributed by atoms with E-state index in [1.54, 1.807) is 6.92 Å². The van der Waals surface area contributed by atoms with Gasteiger partial charge >= 0.3 is 6.03 Å². The number of anilines is 1. The Balaban J connectivity index is 2.52. The molecule has 1 unspecified atom stereocenters. The number of hydrogen-bond acceptors (Lipinski definition) is 4. The molecule has 1 atom stereocenters. The summed E-state index contributed by atoms with van der Waals surface area (Å²) < 4.78 is 0. The van der Waals surface area contributed by atoms with Gasteiger partial charge in [-0.25, -0.2) is 4.79 Å². The minimum absolute atomic E-state index is 0.0143. The maximum absolute atomic E-state index is 11.6. The Morgan fingerprint density at radius 2 is 2.20 bits per heavy atom. The van der Waals surface area contributed by atoms with Crippen molar-refractivity contribution in [3.8, 4) is 0 Å². The zero-order chi connectivity index (χ0) is 15.1. The van der Waals surface area contributed by atoms with E-state index in [0.717, 1.165) is 0 Å². The van der Waals surface area contributed by atoms with Crippen LogP contribution in [0.25, 0.3) is 0 Å². The lowest BCUT2D eigenvalue weighted by Crippen LogP contribution is -2.31. The van der Waals surface area contributed by atoms with Gasteiger partial charge in [0.15, 0.2) is 0 Å². The maximum Gasteiger partial charge on any atom is 0.319 e. The number of aliphatic hydroxyl groups is 1. The molecule has 0 aliphatic rings. The van der Waals surface area contributed by atoms with Crippen LogP contribution in [0, 0.1) is 17.0 Å². The Hall–Kier alpha value is -2.15. The molecular formula is C13H19N3O4. The summed E-state index contributed by atoms with van der Waals surface area (Å²) in [7, 11) is 0. The lowest BCUT2D eigenvalue weighted by molar-refractivity contribution is -0.384.